The number of benzene rings is 1. The van der Waals surface area contributed by atoms with Crippen molar-refractivity contribution >= 4 is 11.6 Å². The first kappa shape index (κ1) is 19.0. The molecule has 0 unspecified atom stereocenters. The molecule has 0 fully saturated rings. The SMILES string of the molecule is C/C=C(\N)C(=O)Nc1ccc(Oc2ccc(C#N)cc2C(C)(C)C)nc1. The minimum Gasteiger partial charge on any atom is -0.439 e. The molecule has 0 saturated carbocycles. The zero-order chi connectivity index (χ0) is 19.3. The number of anilines is 1. The van der Waals surface area contributed by atoms with Gasteiger partial charge < -0.3 is 15.8 Å². The molecule has 6 nitrogen and oxygen atoms in total. The van der Waals surface area contributed by atoms with Crippen molar-refractivity contribution in [3.63, 3.8) is 0 Å². The predicted molar refractivity (Wildman–Crippen MR) is 101 cm³/mol. The van der Waals surface area contributed by atoms with E-state index in [1.165, 1.54) is 12.3 Å². The van der Waals surface area contributed by atoms with E-state index in [4.69, 9.17) is 15.7 Å². The highest BCUT2D eigenvalue weighted by molar-refractivity contribution is 6.02. The van der Waals surface area contributed by atoms with Crippen molar-refractivity contribution in [2.75, 3.05) is 5.32 Å². The van der Waals surface area contributed by atoms with Crippen LogP contribution >= 0.6 is 0 Å². The summed E-state index contributed by atoms with van der Waals surface area (Å²) in [6.45, 7) is 7.84. The number of nitrogens with two attached hydrogens (primary N) is 1. The lowest BCUT2D eigenvalue weighted by Gasteiger charge is -2.22. The molecule has 0 aliphatic rings. The van der Waals surface area contributed by atoms with Gasteiger partial charge in [0.05, 0.1) is 29.2 Å². The lowest BCUT2D eigenvalue weighted by atomic mass is 9.85. The van der Waals surface area contributed by atoms with Crippen LogP contribution in [0.2, 0.25) is 0 Å². The van der Waals surface area contributed by atoms with Gasteiger partial charge in [0.15, 0.2) is 0 Å². The summed E-state index contributed by atoms with van der Waals surface area (Å²) >= 11 is 0. The molecular weight excluding hydrogens is 328 g/mol. The molecule has 0 spiro atoms. The summed E-state index contributed by atoms with van der Waals surface area (Å²) in [5, 5.41) is 11.8. The number of pyridine rings is 1. The fourth-order valence-corrected chi connectivity index (χ4v) is 2.24. The smallest absolute Gasteiger partial charge is 0.271 e. The summed E-state index contributed by atoms with van der Waals surface area (Å²) in [7, 11) is 0. The van der Waals surface area contributed by atoms with Gasteiger partial charge in [0.25, 0.3) is 5.91 Å². The average molecular weight is 350 g/mol. The Morgan fingerprint density at radius 3 is 2.58 bits per heavy atom. The molecule has 1 amide bonds. The number of aromatic nitrogens is 1. The van der Waals surface area contributed by atoms with Gasteiger partial charge in [0.1, 0.15) is 5.75 Å². The Hall–Kier alpha value is -3.33. The number of carbonyl (C=O) groups excluding carboxylic acids is 1. The maximum atomic E-state index is 11.7. The monoisotopic (exact) mass is 350 g/mol. The van der Waals surface area contributed by atoms with Gasteiger partial charge in [-0.2, -0.15) is 5.26 Å². The van der Waals surface area contributed by atoms with Gasteiger partial charge in [0, 0.05) is 11.6 Å². The molecule has 0 atom stereocenters. The van der Waals surface area contributed by atoms with Crippen LogP contribution in [-0.4, -0.2) is 10.9 Å². The first-order valence-electron chi connectivity index (χ1n) is 8.16. The zero-order valence-electron chi connectivity index (χ0n) is 15.3. The molecule has 2 aromatic rings. The second kappa shape index (κ2) is 7.70. The van der Waals surface area contributed by atoms with Gasteiger partial charge in [-0.15, -0.1) is 0 Å². The van der Waals surface area contributed by atoms with E-state index in [1.54, 1.807) is 31.2 Å². The van der Waals surface area contributed by atoms with Crippen molar-refractivity contribution in [1.29, 1.82) is 5.26 Å². The summed E-state index contributed by atoms with van der Waals surface area (Å²) in [6.07, 6.45) is 3.02. The number of hydrogen-bond donors (Lipinski definition) is 2. The van der Waals surface area contributed by atoms with E-state index < -0.39 is 0 Å². The topological polar surface area (TPSA) is 101 Å². The molecular formula is C20H22N4O2. The molecule has 0 aliphatic heterocycles. The molecule has 134 valence electrons. The molecule has 0 radical (unpaired) electrons. The molecule has 3 N–H and O–H groups in total. The zero-order valence-corrected chi connectivity index (χ0v) is 15.3. The summed E-state index contributed by atoms with van der Waals surface area (Å²) in [4.78, 5) is 16.0. The third-order valence-electron chi connectivity index (χ3n) is 3.70. The van der Waals surface area contributed by atoms with Crippen LogP contribution in [0, 0.1) is 11.3 Å². The van der Waals surface area contributed by atoms with Crippen LogP contribution in [0.5, 0.6) is 11.6 Å². The molecule has 6 heteroatoms. The number of hydrogen-bond acceptors (Lipinski definition) is 5. The number of ether oxygens (including phenoxy) is 1. The van der Waals surface area contributed by atoms with Crippen LogP contribution in [0.25, 0.3) is 0 Å². The van der Waals surface area contributed by atoms with E-state index in [2.05, 4.69) is 16.4 Å². The molecule has 0 aliphatic carbocycles. The maximum Gasteiger partial charge on any atom is 0.271 e. The molecule has 0 bridgehead atoms. The van der Waals surface area contributed by atoms with E-state index >= 15 is 0 Å². The van der Waals surface area contributed by atoms with Crippen molar-refractivity contribution < 1.29 is 9.53 Å². The molecule has 2 rings (SSSR count). The first-order valence-corrected chi connectivity index (χ1v) is 8.16. The number of amides is 1. The van der Waals surface area contributed by atoms with Gasteiger partial charge in [-0.1, -0.05) is 26.8 Å². The number of carbonyl (C=O) groups is 1. The van der Waals surface area contributed by atoms with Gasteiger partial charge in [0.2, 0.25) is 5.88 Å². The molecule has 1 aromatic heterocycles. The van der Waals surface area contributed by atoms with E-state index in [1.807, 2.05) is 26.8 Å². The number of nitrogens with zero attached hydrogens (tertiary/aromatic N) is 2. The van der Waals surface area contributed by atoms with Gasteiger partial charge in [-0.25, -0.2) is 4.98 Å². The summed E-state index contributed by atoms with van der Waals surface area (Å²) in [5.74, 6) is 0.640. The predicted octanol–water partition coefficient (Wildman–Crippen LogP) is 3.84. The number of rotatable bonds is 4. The van der Waals surface area contributed by atoms with E-state index in [9.17, 15) is 4.79 Å². The van der Waals surface area contributed by atoms with E-state index in [0.29, 0.717) is 22.9 Å². The fraction of sp³-hybridized carbons (Fsp3) is 0.250. The second-order valence-corrected chi connectivity index (χ2v) is 6.76. The maximum absolute atomic E-state index is 11.7. The Morgan fingerprint density at radius 1 is 1.31 bits per heavy atom. The van der Waals surface area contributed by atoms with Crippen molar-refractivity contribution in [1.82, 2.24) is 4.98 Å². The third kappa shape index (κ3) is 4.61. The normalized spacial score (nSPS) is 11.6. The van der Waals surface area contributed by atoms with Gasteiger partial charge in [-0.05, 0) is 36.6 Å². The molecule has 26 heavy (non-hydrogen) atoms. The van der Waals surface area contributed by atoms with Crippen LogP contribution in [0.3, 0.4) is 0 Å². The van der Waals surface area contributed by atoms with Crippen LogP contribution in [-0.2, 0) is 10.2 Å². The number of nitriles is 1. The number of allylic oxidation sites excluding steroid dienone is 1. The Bertz CT molecular complexity index is 872. The van der Waals surface area contributed by atoms with Crippen molar-refractivity contribution in [2.24, 2.45) is 5.73 Å². The van der Waals surface area contributed by atoms with E-state index in [-0.39, 0.29) is 17.0 Å². The lowest BCUT2D eigenvalue weighted by molar-refractivity contribution is -0.112. The minimum absolute atomic E-state index is 0.137. The van der Waals surface area contributed by atoms with Crippen molar-refractivity contribution in [3.05, 3.63) is 59.4 Å². The van der Waals surface area contributed by atoms with Crippen LogP contribution in [0.15, 0.2) is 48.3 Å². The first-order chi connectivity index (χ1) is 12.2. The molecule has 0 saturated heterocycles. The Labute approximate surface area is 153 Å². The molecule has 1 aromatic carbocycles. The van der Waals surface area contributed by atoms with E-state index in [0.717, 1.165) is 5.56 Å². The van der Waals surface area contributed by atoms with Crippen molar-refractivity contribution in [3.8, 4) is 17.7 Å². The summed E-state index contributed by atoms with van der Waals surface area (Å²) in [6, 6.07) is 10.8. The van der Waals surface area contributed by atoms with Gasteiger partial charge in [-0.3, -0.25) is 4.79 Å². The van der Waals surface area contributed by atoms with Crippen LogP contribution in [0.4, 0.5) is 5.69 Å². The van der Waals surface area contributed by atoms with Crippen LogP contribution < -0.4 is 15.8 Å². The van der Waals surface area contributed by atoms with Crippen molar-refractivity contribution in [2.45, 2.75) is 33.1 Å². The Kier molecular flexibility index (Phi) is 5.63. The minimum atomic E-state index is -0.384. The quantitative estimate of drug-likeness (QED) is 0.816. The Morgan fingerprint density at radius 2 is 2.04 bits per heavy atom. The highest BCUT2D eigenvalue weighted by Gasteiger charge is 2.20. The average Bonchev–Trinajstić information content (AvgIpc) is 2.62. The molecule has 1 heterocycles. The largest absolute Gasteiger partial charge is 0.439 e. The Balaban J connectivity index is 2.22. The van der Waals surface area contributed by atoms with Gasteiger partial charge >= 0.3 is 0 Å². The lowest BCUT2D eigenvalue weighted by Crippen LogP contribution is -2.19. The summed E-state index contributed by atoms with van der Waals surface area (Å²) in [5.41, 5.74) is 7.51. The summed E-state index contributed by atoms with van der Waals surface area (Å²) < 4.78 is 5.89. The standard InChI is InChI=1S/C20H22N4O2/c1-5-16(22)19(25)24-14-7-9-18(23-12-14)26-17-8-6-13(11-21)10-15(17)20(2,3)4/h5-10,12H,22H2,1-4H3,(H,24,25)/b16-5-. The number of nitrogens with one attached hydrogen (secondary N) is 1. The highest BCUT2D eigenvalue weighted by atomic mass is 16.5. The third-order valence-corrected chi connectivity index (χ3v) is 3.70. The second-order valence-electron chi connectivity index (χ2n) is 6.76. The van der Waals surface area contributed by atoms with Crippen LogP contribution in [0.1, 0.15) is 38.8 Å². The fourth-order valence-electron chi connectivity index (χ4n) is 2.24. The highest BCUT2D eigenvalue weighted by Crippen LogP contribution is 2.34.